The Kier molecular flexibility index (Phi) is 7.18. The number of aliphatic hydroxyl groups excluding tert-OH is 1. The molecule has 5 rings (SSSR count). The van der Waals surface area contributed by atoms with Crippen molar-refractivity contribution in [2.75, 3.05) is 33.2 Å². The summed E-state index contributed by atoms with van der Waals surface area (Å²) in [5, 5.41) is 9.77. The first-order valence-corrected chi connectivity index (χ1v) is 12.2. The fourth-order valence-corrected chi connectivity index (χ4v) is 4.57. The summed E-state index contributed by atoms with van der Waals surface area (Å²) in [4.78, 5) is 30.6. The highest BCUT2D eigenvalue weighted by molar-refractivity contribution is 5.92. The van der Waals surface area contributed by atoms with E-state index in [-0.39, 0.29) is 30.3 Å². The van der Waals surface area contributed by atoms with Crippen molar-refractivity contribution in [3.8, 4) is 0 Å². The maximum atomic E-state index is 13.4. The second-order valence-corrected chi connectivity index (χ2v) is 9.32. The Morgan fingerprint density at radius 1 is 1.06 bits per heavy atom. The second-order valence-electron chi connectivity index (χ2n) is 9.32. The number of carbonyl (C=O) groups is 1. The number of carbonyl (C=O) groups excluding carboxylic acids is 1. The van der Waals surface area contributed by atoms with Crippen LogP contribution in [0, 0.1) is 0 Å². The molecule has 2 aromatic carbocycles. The van der Waals surface area contributed by atoms with Crippen molar-refractivity contribution in [1.29, 1.82) is 0 Å². The van der Waals surface area contributed by atoms with Gasteiger partial charge >= 0.3 is 0 Å². The molecule has 1 aromatic heterocycles. The van der Waals surface area contributed by atoms with E-state index in [1.807, 2.05) is 37.4 Å². The Balaban J connectivity index is 1.41. The summed E-state index contributed by atoms with van der Waals surface area (Å²) >= 11 is 0. The Hall–Kier alpha value is -3.46. The number of piperazine rings is 1. The van der Waals surface area contributed by atoms with Crippen LogP contribution in [0.15, 0.2) is 75.8 Å². The summed E-state index contributed by atoms with van der Waals surface area (Å²) in [5.74, 6) is -0.393. The number of ether oxygens (including phenoxy) is 2. The van der Waals surface area contributed by atoms with Crippen LogP contribution >= 0.6 is 0 Å². The molecule has 2 aliphatic heterocycles. The molecular weight excluding hydrogens is 460 g/mol. The van der Waals surface area contributed by atoms with Crippen LogP contribution in [-0.2, 0) is 27.5 Å². The molecule has 0 bridgehead atoms. The minimum Gasteiger partial charge on any atom is -0.464 e. The van der Waals surface area contributed by atoms with Crippen molar-refractivity contribution in [3.05, 3.63) is 93.5 Å². The molecule has 0 saturated carbocycles. The van der Waals surface area contributed by atoms with Gasteiger partial charge in [-0.2, -0.15) is 0 Å². The quantitative estimate of drug-likeness (QED) is 0.568. The van der Waals surface area contributed by atoms with E-state index >= 15 is 0 Å². The molecule has 1 N–H and O–H groups in total. The molecule has 8 nitrogen and oxygen atoms in total. The second kappa shape index (κ2) is 10.7. The van der Waals surface area contributed by atoms with Gasteiger partial charge in [-0.05, 0) is 36.4 Å². The van der Waals surface area contributed by atoms with Crippen molar-refractivity contribution >= 4 is 16.9 Å². The molecule has 0 radical (unpaired) electrons. The monoisotopic (exact) mass is 490 g/mol. The van der Waals surface area contributed by atoms with E-state index in [2.05, 4.69) is 4.90 Å². The van der Waals surface area contributed by atoms with Gasteiger partial charge in [0.1, 0.15) is 5.58 Å². The molecule has 0 aliphatic carbocycles. The molecule has 188 valence electrons. The van der Waals surface area contributed by atoms with Crippen LogP contribution < -0.4 is 5.43 Å². The molecule has 3 aromatic rings. The Labute approximate surface area is 209 Å². The number of para-hydroxylation sites is 1. The van der Waals surface area contributed by atoms with Crippen LogP contribution in [0.2, 0.25) is 0 Å². The lowest BCUT2D eigenvalue weighted by molar-refractivity contribution is -0.156. The number of aliphatic hydroxyl groups is 1. The van der Waals surface area contributed by atoms with Crippen LogP contribution in [0.25, 0.3) is 11.0 Å². The SMILES string of the molecule is CN1CCN(C(=O)C2=C[C@H](c3coc4ccccc4c3=O)C[C@H](OCc3ccc(CO)cc3)O2)CC1. The first-order valence-electron chi connectivity index (χ1n) is 12.2. The third-order valence-corrected chi connectivity index (χ3v) is 6.81. The molecule has 2 atom stereocenters. The molecular formula is C28H30N2O6. The van der Waals surface area contributed by atoms with Gasteiger partial charge in [0.25, 0.3) is 5.91 Å². The van der Waals surface area contributed by atoms with Gasteiger partial charge in [-0.3, -0.25) is 9.59 Å². The minimum absolute atomic E-state index is 0.0224. The Bertz CT molecular complexity index is 1310. The van der Waals surface area contributed by atoms with Crippen LogP contribution in [0.5, 0.6) is 0 Å². The standard InChI is InChI=1S/C28H30N2O6/c1-29-10-12-30(13-11-29)28(33)25-14-21(23-18-34-24-5-3-2-4-22(24)27(23)32)15-26(36-25)35-17-20-8-6-19(16-31)7-9-20/h2-9,14,18,21,26,31H,10-13,15-17H2,1H3/t21-,26+/m0/s1. The topological polar surface area (TPSA) is 92.5 Å². The van der Waals surface area contributed by atoms with E-state index in [0.29, 0.717) is 36.0 Å². The minimum atomic E-state index is -0.713. The number of benzene rings is 2. The van der Waals surface area contributed by atoms with Crippen molar-refractivity contribution in [3.63, 3.8) is 0 Å². The third kappa shape index (κ3) is 5.21. The first-order chi connectivity index (χ1) is 17.5. The summed E-state index contributed by atoms with van der Waals surface area (Å²) in [6.07, 6.45) is 2.88. The summed E-state index contributed by atoms with van der Waals surface area (Å²) in [6, 6.07) is 14.6. The summed E-state index contributed by atoms with van der Waals surface area (Å²) in [7, 11) is 2.03. The lowest BCUT2D eigenvalue weighted by Gasteiger charge is -2.35. The van der Waals surface area contributed by atoms with Gasteiger partial charge in [-0.25, -0.2) is 0 Å². The predicted molar refractivity (Wildman–Crippen MR) is 134 cm³/mol. The highest BCUT2D eigenvalue weighted by Crippen LogP contribution is 2.32. The largest absolute Gasteiger partial charge is 0.464 e. The van der Waals surface area contributed by atoms with E-state index in [9.17, 15) is 14.7 Å². The molecule has 1 amide bonds. The van der Waals surface area contributed by atoms with Gasteiger partial charge in [0, 0.05) is 44.1 Å². The van der Waals surface area contributed by atoms with Gasteiger partial charge in [0.05, 0.1) is 24.9 Å². The highest BCUT2D eigenvalue weighted by Gasteiger charge is 2.33. The molecule has 0 spiro atoms. The summed E-state index contributed by atoms with van der Waals surface area (Å²) in [5.41, 5.74) is 2.61. The Morgan fingerprint density at radius 2 is 1.78 bits per heavy atom. The zero-order valence-electron chi connectivity index (χ0n) is 20.3. The Morgan fingerprint density at radius 3 is 2.53 bits per heavy atom. The number of nitrogens with zero attached hydrogens (tertiary/aromatic N) is 2. The van der Waals surface area contributed by atoms with E-state index in [4.69, 9.17) is 13.9 Å². The number of allylic oxidation sites excluding steroid dienone is 1. The van der Waals surface area contributed by atoms with E-state index in [1.165, 1.54) is 6.26 Å². The molecule has 36 heavy (non-hydrogen) atoms. The van der Waals surface area contributed by atoms with Crippen LogP contribution in [0.3, 0.4) is 0 Å². The molecule has 0 unspecified atom stereocenters. The van der Waals surface area contributed by atoms with Gasteiger partial charge < -0.3 is 28.8 Å². The lowest BCUT2D eigenvalue weighted by atomic mass is 9.93. The molecule has 2 aliphatic rings. The molecule has 3 heterocycles. The summed E-state index contributed by atoms with van der Waals surface area (Å²) < 4.78 is 17.9. The van der Waals surface area contributed by atoms with Crippen LogP contribution in [-0.4, -0.2) is 60.3 Å². The van der Waals surface area contributed by atoms with Crippen molar-refractivity contribution in [2.24, 2.45) is 0 Å². The smallest absolute Gasteiger partial charge is 0.288 e. The van der Waals surface area contributed by atoms with Crippen molar-refractivity contribution in [1.82, 2.24) is 9.80 Å². The molecule has 8 heteroatoms. The van der Waals surface area contributed by atoms with Gasteiger partial charge in [-0.1, -0.05) is 36.4 Å². The van der Waals surface area contributed by atoms with Gasteiger partial charge in [0.2, 0.25) is 6.29 Å². The number of rotatable bonds is 6. The maximum absolute atomic E-state index is 13.4. The van der Waals surface area contributed by atoms with E-state index in [0.717, 1.165) is 24.2 Å². The highest BCUT2D eigenvalue weighted by atomic mass is 16.7. The van der Waals surface area contributed by atoms with Crippen molar-refractivity contribution < 1.29 is 23.8 Å². The predicted octanol–water partition coefficient (Wildman–Crippen LogP) is 2.99. The van der Waals surface area contributed by atoms with Crippen molar-refractivity contribution in [2.45, 2.75) is 31.8 Å². The number of hydrogen-bond acceptors (Lipinski definition) is 7. The average molecular weight is 491 g/mol. The number of amides is 1. The van der Waals surface area contributed by atoms with Crippen LogP contribution in [0.1, 0.15) is 29.0 Å². The zero-order valence-corrected chi connectivity index (χ0v) is 20.3. The van der Waals surface area contributed by atoms with Gasteiger partial charge in [-0.15, -0.1) is 0 Å². The van der Waals surface area contributed by atoms with E-state index in [1.54, 1.807) is 29.2 Å². The maximum Gasteiger partial charge on any atom is 0.288 e. The number of fused-ring (bicyclic) bond motifs is 1. The first kappa shape index (κ1) is 24.2. The fourth-order valence-electron chi connectivity index (χ4n) is 4.57. The zero-order chi connectivity index (χ0) is 25.1. The average Bonchev–Trinajstić information content (AvgIpc) is 2.92. The van der Waals surface area contributed by atoms with Gasteiger partial charge in [0.15, 0.2) is 11.2 Å². The van der Waals surface area contributed by atoms with E-state index < -0.39 is 12.2 Å². The number of hydrogen-bond donors (Lipinski definition) is 1. The lowest BCUT2D eigenvalue weighted by Crippen LogP contribution is -2.48. The summed E-state index contributed by atoms with van der Waals surface area (Å²) in [6.45, 7) is 3.06. The van der Waals surface area contributed by atoms with Crippen LogP contribution in [0.4, 0.5) is 0 Å². The molecule has 1 saturated heterocycles. The molecule has 1 fully saturated rings. The fraction of sp³-hybridized carbons (Fsp3) is 0.357. The normalized spacial score (nSPS) is 20.7. The number of likely N-dealkylation sites (N-methyl/N-ethyl adjacent to an activating group) is 1. The third-order valence-electron chi connectivity index (χ3n) is 6.81.